The van der Waals surface area contributed by atoms with Crippen LogP contribution in [-0.4, -0.2) is 52.9 Å². The monoisotopic (exact) mass is 304 g/mol. The Labute approximate surface area is 124 Å². The van der Waals surface area contributed by atoms with Gasteiger partial charge in [0.1, 0.15) is 12.4 Å². The molecule has 0 N–H and O–H groups in total. The fourth-order valence-electron chi connectivity index (χ4n) is 1.37. The third-order valence-electron chi connectivity index (χ3n) is 2.29. The summed E-state index contributed by atoms with van der Waals surface area (Å²) >= 11 is 5.03. The number of halogens is 1. The van der Waals surface area contributed by atoms with Crippen LogP contribution < -0.4 is 4.74 Å². The van der Waals surface area contributed by atoms with Gasteiger partial charge in [0.2, 0.25) is 0 Å². The van der Waals surface area contributed by atoms with E-state index >= 15 is 0 Å². The Morgan fingerprint density at radius 3 is 1.70 bits per heavy atom. The van der Waals surface area contributed by atoms with E-state index in [4.69, 9.17) is 30.8 Å². The molecule has 1 aromatic rings. The Morgan fingerprint density at radius 2 is 1.15 bits per heavy atom. The van der Waals surface area contributed by atoms with Crippen LogP contribution in [0.25, 0.3) is 0 Å². The molecule has 0 bridgehead atoms. The molecular formula is C14H21ClO5. The molecule has 0 atom stereocenters. The van der Waals surface area contributed by atoms with E-state index in [-0.39, 0.29) is 0 Å². The number of hydrogen-bond donors (Lipinski definition) is 0. The molecular weight excluding hydrogens is 284 g/mol. The summed E-state index contributed by atoms with van der Waals surface area (Å²) in [6.45, 7) is 4.08. The number of rotatable bonds is 13. The highest BCUT2D eigenvalue weighted by molar-refractivity contribution is 6.07. The second-order valence-corrected chi connectivity index (χ2v) is 4.03. The zero-order valence-corrected chi connectivity index (χ0v) is 12.2. The number of para-hydroxylation sites is 1. The normalized spacial score (nSPS) is 10.7. The third kappa shape index (κ3) is 10.00. The Balaban J connectivity index is 1.77. The van der Waals surface area contributed by atoms with Crippen LogP contribution in [0.2, 0.25) is 0 Å². The summed E-state index contributed by atoms with van der Waals surface area (Å²) in [5, 5.41) is 0. The van der Waals surface area contributed by atoms with Crippen molar-refractivity contribution in [1.29, 1.82) is 0 Å². The van der Waals surface area contributed by atoms with Gasteiger partial charge >= 0.3 is 0 Å². The molecule has 0 spiro atoms. The first-order valence-corrected chi connectivity index (χ1v) is 6.89. The van der Waals surface area contributed by atoms with Gasteiger partial charge in [-0.15, -0.1) is 0 Å². The minimum atomic E-state index is 0.381. The van der Waals surface area contributed by atoms with Crippen molar-refractivity contribution < 1.29 is 23.2 Å². The van der Waals surface area contributed by atoms with Gasteiger partial charge in [-0.1, -0.05) is 18.2 Å². The highest BCUT2D eigenvalue weighted by atomic mass is 35.5. The van der Waals surface area contributed by atoms with E-state index in [2.05, 4.69) is 4.29 Å². The molecule has 0 radical (unpaired) electrons. The van der Waals surface area contributed by atoms with Crippen LogP contribution in [0.3, 0.4) is 0 Å². The molecule has 6 heteroatoms. The van der Waals surface area contributed by atoms with Crippen LogP contribution in [-0.2, 0) is 18.5 Å². The maximum Gasteiger partial charge on any atom is 0.119 e. The second-order valence-electron chi connectivity index (χ2n) is 3.81. The highest BCUT2D eigenvalue weighted by Crippen LogP contribution is 2.07. The van der Waals surface area contributed by atoms with E-state index in [9.17, 15) is 0 Å². The van der Waals surface area contributed by atoms with Crippen molar-refractivity contribution in [1.82, 2.24) is 0 Å². The summed E-state index contributed by atoms with van der Waals surface area (Å²) < 4.78 is 25.7. The van der Waals surface area contributed by atoms with Gasteiger partial charge in [-0.2, -0.15) is 0 Å². The van der Waals surface area contributed by atoms with Crippen molar-refractivity contribution in [2.75, 3.05) is 52.9 Å². The number of hydrogen-bond acceptors (Lipinski definition) is 5. The van der Waals surface area contributed by atoms with E-state index in [0.29, 0.717) is 52.9 Å². The first-order valence-electron chi connectivity index (χ1n) is 6.58. The highest BCUT2D eigenvalue weighted by Gasteiger charge is 1.93. The average Bonchev–Trinajstić information content (AvgIpc) is 2.49. The zero-order chi connectivity index (χ0) is 14.3. The standard InChI is InChI=1S/C14H21ClO5/c15-20-13-11-18-9-7-16-6-8-17-10-12-19-14-4-2-1-3-5-14/h1-5H,6-13H2. The molecule has 114 valence electrons. The van der Waals surface area contributed by atoms with Gasteiger partial charge in [0.15, 0.2) is 0 Å². The molecule has 20 heavy (non-hydrogen) atoms. The van der Waals surface area contributed by atoms with E-state index in [1.54, 1.807) is 0 Å². The topological polar surface area (TPSA) is 46.2 Å². The summed E-state index contributed by atoms with van der Waals surface area (Å²) in [5.74, 6) is 0.852. The van der Waals surface area contributed by atoms with Crippen molar-refractivity contribution >= 4 is 11.9 Å². The van der Waals surface area contributed by atoms with Crippen LogP contribution in [0.15, 0.2) is 30.3 Å². The summed E-state index contributed by atoms with van der Waals surface area (Å²) in [4.78, 5) is 0. The second kappa shape index (κ2) is 13.1. The lowest BCUT2D eigenvalue weighted by molar-refractivity contribution is 0.00539. The lowest BCUT2D eigenvalue weighted by atomic mass is 10.3. The van der Waals surface area contributed by atoms with Gasteiger partial charge < -0.3 is 18.9 Å². The third-order valence-corrected chi connectivity index (χ3v) is 2.44. The zero-order valence-electron chi connectivity index (χ0n) is 11.5. The maximum atomic E-state index is 5.48. The van der Waals surface area contributed by atoms with Crippen molar-refractivity contribution in [2.45, 2.75) is 0 Å². The fourth-order valence-corrected chi connectivity index (χ4v) is 1.43. The maximum absolute atomic E-state index is 5.48. The first kappa shape index (κ1) is 17.2. The molecule has 0 amide bonds. The van der Waals surface area contributed by atoms with Crippen LogP contribution >= 0.6 is 11.9 Å². The molecule has 1 rings (SSSR count). The molecule has 0 saturated carbocycles. The molecule has 0 heterocycles. The van der Waals surface area contributed by atoms with Gasteiger partial charge in [0.05, 0.1) is 58.1 Å². The molecule has 0 unspecified atom stereocenters. The summed E-state index contributed by atoms with van der Waals surface area (Å²) in [6, 6.07) is 9.65. The predicted molar refractivity (Wildman–Crippen MR) is 76.2 cm³/mol. The number of benzene rings is 1. The average molecular weight is 305 g/mol. The van der Waals surface area contributed by atoms with E-state index in [1.165, 1.54) is 0 Å². The van der Waals surface area contributed by atoms with E-state index < -0.39 is 0 Å². The van der Waals surface area contributed by atoms with E-state index in [1.807, 2.05) is 30.3 Å². The van der Waals surface area contributed by atoms with Gasteiger partial charge in [-0.05, 0) is 12.1 Å². The van der Waals surface area contributed by atoms with Crippen LogP contribution in [0.5, 0.6) is 5.75 Å². The molecule has 0 aromatic heterocycles. The molecule has 0 saturated heterocycles. The van der Waals surface area contributed by atoms with Crippen LogP contribution in [0.1, 0.15) is 0 Å². The largest absolute Gasteiger partial charge is 0.491 e. The minimum Gasteiger partial charge on any atom is -0.491 e. The van der Waals surface area contributed by atoms with Crippen LogP contribution in [0, 0.1) is 0 Å². The van der Waals surface area contributed by atoms with Gasteiger partial charge in [-0.3, -0.25) is 4.29 Å². The summed E-state index contributed by atoms with van der Waals surface area (Å²) in [7, 11) is 0. The Bertz CT molecular complexity index is 310. The number of ether oxygens (including phenoxy) is 4. The van der Waals surface area contributed by atoms with Crippen molar-refractivity contribution in [3.05, 3.63) is 30.3 Å². The lowest BCUT2D eigenvalue weighted by Gasteiger charge is -2.08. The van der Waals surface area contributed by atoms with Crippen molar-refractivity contribution in [3.8, 4) is 5.75 Å². The Hall–Kier alpha value is -0.850. The summed E-state index contributed by atoms with van der Waals surface area (Å²) in [6.07, 6.45) is 0. The van der Waals surface area contributed by atoms with E-state index in [0.717, 1.165) is 5.75 Å². The molecule has 0 aliphatic carbocycles. The predicted octanol–water partition coefficient (Wildman–Crippen LogP) is 2.29. The summed E-state index contributed by atoms with van der Waals surface area (Å²) in [5.41, 5.74) is 0. The fraction of sp³-hybridized carbons (Fsp3) is 0.571. The van der Waals surface area contributed by atoms with Crippen molar-refractivity contribution in [2.24, 2.45) is 0 Å². The Morgan fingerprint density at radius 1 is 0.650 bits per heavy atom. The molecule has 0 aliphatic heterocycles. The van der Waals surface area contributed by atoms with Crippen molar-refractivity contribution in [3.63, 3.8) is 0 Å². The van der Waals surface area contributed by atoms with Gasteiger partial charge in [0, 0.05) is 0 Å². The molecule has 5 nitrogen and oxygen atoms in total. The lowest BCUT2D eigenvalue weighted by Crippen LogP contribution is -2.13. The SMILES string of the molecule is ClOCCOCCOCCOCCOc1ccccc1. The van der Waals surface area contributed by atoms with Crippen LogP contribution in [0.4, 0.5) is 0 Å². The van der Waals surface area contributed by atoms with Gasteiger partial charge in [0.25, 0.3) is 0 Å². The molecule has 0 fully saturated rings. The smallest absolute Gasteiger partial charge is 0.119 e. The quantitative estimate of drug-likeness (QED) is 0.523. The Kier molecular flexibility index (Phi) is 11.3. The first-order chi connectivity index (χ1) is 9.93. The van der Waals surface area contributed by atoms with Gasteiger partial charge in [-0.25, -0.2) is 0 Å². The molecule has 0 aliphatic rings. The minimum absolute atomic E-state index is 0.381. The molecule has 1 aromatic carbocycles.